The zero-order valence-electron chi connectivity index (χ0n) is 11.1. The van der Waals surface area contributed by atoms with E-state index in [1.165, 1.54) is 12.1 Å². The molecule has 2 aromatic rings. The Bertz CT molecular complexity index is 781. The number of hydrogen-bond acceptors (Lipinski definition) is 5. The molecule has 1 atom stereocenters. The van der Waals surface area contributed by atoms with Gasteiger partial charge in [0.05, 0.1) is 16.1 Å². The van der Waals surface area contributed by atoms with Crippen molar-refractivity contribution in [3.63, 3.8) is 0 Å². The Morgan fingerprint density at radius 1 is 1.18 bits per heavy atom. The summed E-state index contributed by atoms with van der Waals surface area (Å²) in [6, 6.07) is 6.19. The van der Waals surface area contributed by atoms with Crippen LogP contribution in [0, 0.1) is 0 Å². The first-order chi connectivity index (χ1) is 10.5. The van der Waals surface area contributed by atoms with Gasteiger partial charge in [0, 0.05) is 12.3 Å². The van der Waals surface area contributed by atoms with Crippen molar-refractivity contribution in [2.75, 3.05) is 5.32 Å². The summed E-state index contributed by atoms with van der Waals surface area (Å²) in [5, 5.41) is 20.6. The van der Waals surface area contributed by atoms with Crippen molar-refractivity contribution >= 4 is 35.1 Å². The summed E-state index contributed by atoms with van der Waals surface area (Å²) < 4.78 is 3.89. The Morgan fingerprint density at radius 2 is 1.86 bits per heavy atom. The molecule has 1 aromatic heterocycles. The molecule has 2 heterocycles. The lowest BCUT2D eigenvalue weighted by molar-refractivity contribution is -0.116. The number of carbonyl (C=O) groups excluding carboxylic acids is 1. The van der Waals surface area contributed by atoms with Crippen LogP contribution in [-0.2, 0) is 4.79 Å². The average Bonchev–Trinajstić information content (AvgIpc) is 2.90. The first kappa shape index (κ1) is 14.2. The van der Waals surface area contributed by atoms with Crippen molar-refractivity contribution in [1.29, 1.82) is 0 Å². The van der Waals surface area contributed by atoms with E-state index in [1.807, 2.05) is 0 Å². The van der Waals surface area contributed by atoms with Gasteiger partial charge in [0.15, 0.2) is 5.69 Å². The molecule has 112 valence electrons. The Hall–Kier alpha value is -2.74. The van der Waals surface area contributed by atoms with Crippen LogP contribution in [0.1, 0.15) is 43.6 Å². The van der Waals surface area contributed by atoms with E-state index in [4.69, 9.17) is 10.2 Å². The standard InChI is InChI=1S/C14H10N2O5S/c17-9-5-8(6-1-3-7(4-2-6)13(18)19)12-10(15-9)11(14(20)21)16-22-12/h1-4,8H,5H2,(H,15,17)(H,18,19)(H,20,21)/t8-/m0/s1. The van der Waals surface area contributed by atoms with Crippen LogP contribution >= 0.6 is 11.5 Å². The third-order valence-electron chi connectivity index (χ3n) is 3.45. The van der Waals surface area contributed by atoms with Crippen LogP contribution in [0.25, 0.3) is 0 Å². The summed E-state index contributed by atoms with van der Waals surface area (Å²) in [5.74, 6) is -2.83. The quantitative estimate of drug-likeness (QED) is 0.797. The summed E-state index contributed by atoms with van der Waals surface area (Å²) in [6.07, 6.45) is 0.167. The SMILES string of the molecule is O=C1C[C@@H](c2ccc(C(=O)O)cc2)c2snc(C(=O)O)c2N1. The van der Waals surface area contributed by atoms with Crippen LogP contribution in [0.4, 0.5) is 5.69 Å². The van der Waals surface area contributed by atoms with E-state index in [0.29, 0.717) is 4.88 Å². The fourth-order valence-corrected chi connectivity index (χ4v) is 3.35. The van der Waals surface area contributed by atoms with E-state index >= 15 is 0 Å². The van der Waals surface area contributed by atoms with Crippen LogP contribution < -0.4 is 5.32 Å². The van der Waals surface area contributed by atoms with Crippen LogP contribution in [0.2, 0.25) is 0 Å². The van der Waals surface area contributed by atoms with Gasteiger partial charge in [-0.1, -0.05) is 12.1 Å². The highest BCUT2D eigenvalue weighted by molar-refractivity contribution is 7.06. The van der Waals surface area contributed by atoms with E-state index in [2.05, 4.69) is 9.69 Å². The molecule has 0 saturated heterocycles. The Balaban J connectivity index is 2.04. The van der Waals surface area contributed by atoms with E-state index in [0.717, 1.165) is 17.1 Å². The summed E-state index contributed by atoms with van der Waals surface area (Å²) >= 11 is 1.03. The lowest BCUT2D eigenvalue weighted by Gasteiger charge is -2.22. The van der Waals surface area contributed by atoms with Gasteiger partial charge in [0.1, 0.15) is 0 Å². The number of hydrogen-bond donors (Lipinski definition) is 3. The van der Waals surface area contributed by atoms with Crippen LogP contribution in [0.3, 0.4) is 0 Å². The Labute approximate surface area is 128 Å². The molecule has 1 aromatic carbocycles. The number of carboxylic acid groups (broad SMARTS) is 2. The molecule has 1 amide bonds. The first-order valence-electron chi connectivity index (χ1n) is 6.33. The minimum Gasteiger partial charge on any atom is -0.478 e. The number of benzene rings is 1. The topological polar surface area (TPSA) is 117 Å². The van der Waals surface area contributed by atoms with Crippen molar-refractivity contribution in [2.45, 2.75) is 12.3 Å². The van der Waals surface area contributed by atoms with E-state index in [1.54, 1.807) is 12.1 Å². The van der Waals surface area contributed by atoms with Crippen molar-refractivity contribution in [1.82, 2.24) is 4.37 Å². The highest BCUT2D eigenvalue weighted by Gasteiger charge is 2.33. The maximum atomic E-state index is 11.8. The molecule has 3 rings (SSSR count). The number of aromatic carboxylic acids is 2. The fourth-order valence-electron chi connectivity index (χ4n) is 2.40. The number of nitrogens with zero attached hydrogens (tertiary/aromatic N) is 1. The molecule has 0 saturated carbocycles. The van der Waals surface area contributed by atoms with Crippen molar-refractivity contribution in [2.24, 2.45) is 0 Å². The molecule has 0 bridgehead atoms. The third-order valence-corrected chi connectivity index (χ3v) is 4.41. The second-order valence-corrected chi connectivity index (χ2v) is 5.61. The Kier molecular flexibility index (Phi) is 3.38. The molecule has 0 spiro atoms. The first-order valence-corrected chi connectivity index (χ1v) is 7.10. The monoisotopic (exact) mass is 318 g/mol. The number of nitrogens with one attached hydrogen (secondary N) is 1. The van der Waals surface area contributed by atoms with Crippen molar-refractivity contribution < 1.29 is 24.6 Å². The summed E-state index contributed by atoms with van der Waals surface area (Å²) in [7, 11) is 0. The molecular weight excluding hydrogens is 308 g/mol. The molecular formula is C14H10N2O5S. The zero-order chi connectivity index (χ0) is 15.9. The van der Waals surface area contributed by atoms with Crippen LogP contribution in [0.15, 0.2) is 24.3 Å². The minimum atomic E-state index is -1.19. The maximum Gasteiger partial charge on any atom is 0.357 e. The zero-order valence-corrected chi connectivity index (χ0v) is 11.9. The minimum absolute atomic E-state index is 0.153. The van der Waals surface area contributed by atoms with Gasteiger partial charge in [-0.25, -0.2) is 9.59 Å². The number of aromatic nitrogens is 1. The average molecular weight is 318 g/mol. The van der Waals surface area contributed by atoms with Gasteiger partial charge in [-0.15, -0.1) is 0 Å². The highest BCUT2D eigenvalue weighted by Crippen LogP contribution is 2.41. The number of carbonyl (C=O) groups is 3. The van der Waals surface area contributed by atoms with Crippen LogP contribution in [-0.4, -0.2) is 32.4 Å². The highest BCUT2D eigenvalue weighted by atomic mass is 32.1. The van der Waals surface area contributed by atoms with Gasteiger partial charge in [0.25, 0.3) is 0 Å². The number of rotatable bonds is 3. The molecule has 0 radical (unpaired) electrons. The maximum absolute atomic E-state index is 11.8. The molecule has 3 N–H and O–H groups in total. The largest absolute Gasteiger partial charge is 0.478 e. The normalized spacial score (nSPS) is 16.7. The number of amides is 1. The number of fused-ring (bicyclic) bond motifs is 1. The predicted molar refractivity (Wildman–Crippen MR) is 77.6 cm³/mol. The second kappa shape index (κ2) is 5.23. The number of carboxylic acids is 2. The van der Waals surface area contributed by atoms with E-state index in [-0.39, 0.29) is 35.2 Å². The molecule has 8 heteroatoms. The van der Waals surface area contributed by atoms with Crippen molar-refractivity contribution in [3.05, 3.63) is 46.0 Å². The molecule has 1 aliphatic rings. The molecule has 7 nitrogen and oxygen atoms in total. The van der Waals surface area contributed by atoms with Gasteiger partial charge in [-0.2, -0.15) is 4.37 Å². The van der Waals surface area contributed by atoms with Gasteiger partial charge in [-0.3, -0.25) is 4.79 Å². The van der Waals surface area contributed by atoms with Gasteiger partial charge < -0.3 is 15.5 Å². The summed E-state index contributed by atoms with van der Waals surface area (Å²) in [6.45, 7) is 0. The lowest BCUT2D eigenvalue weighted by Crippen LogP contribution is -2.23. The second-order valence-electron chi connectivity index (χ2n) is 4.81. The molecule has 1 aliphatic heterocycles. The van der Waals surface area contributed by atoms with Gasteiger partial charge in [-0.05, 0) is 29.2 Å². The summed E-state index contributed by atoms with van der Waals surface area (Å²) in [5.41, 5.74) is 0.975. The van der Waals surface area contributed by atoms with Crippen LogP contribution in [0.5, 0.6) is 0 Å². The van der Waals surface area contributed by atoms with E-state index < -0.39 is 11.9 Å². The lowest BCUT2D eigenvalue weighted by atomic mass is 9.89. The molecule has 0 aliphatic carbocycles. The fraction of sp³-hybridized carbons (Fsp3) is 0.143. The number of anilines is 1. The van der Waals surface area contributed by atoms with E-state index in [9.17, 15) is 14.4 Å². The molecule has 0 unspecified atom stereocenters. The van der Waals surface area contributed by atoms with Gasteiger partial charge >= 0.3 is 11.9 Å². The third kappa shape index (κ3) is 2.33. The van der Waals surface area contributed by atoms with Crippen molar-refractivity contribution in [3.8, 4) is 0 Å². The van der Waals surface area contributed by atoms with Gasteiger partial charge in [0.2, 0.25) is 5.91 Å². The smallest absolute Gasteiger partial charge is 0.357 e. The molecule has 22 heavy (non-hydrogen) atoms. The Morgan fingerprint density at radius 3 is 2.45 bits per heavy atom. The predicted octanol–water partition coefficient (Wildman–Crippen LogP) is 2.01. The molecule has 0 fully saturated rings. The summed E-state index contributed by atoms with van der Waals surface area (Å²) in [4.78, 5) is 34.5.